The van der Waals surface area contributed by atoms with E-state index >= 15 is 0 Å². The van der Waals surface area contributed by atoms with Gasteiger partial charge in [0.05, 0.1) is 40.3 Å². The molecule has 502 valence electrons. The molecule has 0 rings (SSSR count). The first-order valence-electron chi connectivity index (χ1n) is 36.4. The minimum atomic E-state index is -1.62. The van der Waals surface area contributed by atoms with Crippen LogP contribution in [0.4, 0.5) is 0 Å². The zero-order valence-electron chi connectivity index (χ0n) is 57.4. The number of likely N-dealkylation sites (N-methyl/N-ethyl adjacent to an activating group) is 1. The van der Waals surface area contributed by atoms with Crippen LogP contribution in [0.5, 0.6) is 0 Å². The number of quaternary nitrogens is 1. The van der Waals surface area contributed by atoms with Crippen LogP contribution >= 0.6 is 0 Å². The first-order valence-corrected chi connectivity index (χ1v) is 36.4. The number of carbonyl (C=O) groups excluding carboxylic acids is 3. The molecular formula is C78H137NO8. The average Bonchev–Trinajstić information content (AvgIpc) is 3.57. The molecule has 0 aromatic heterocycles. The van der Waals surface area contributed by atoms with Crippen molar-refractivity contribution in [2.75, 3.05) is 47.5 Å². The van der Waals surface area contributed by atoms with Gasteiger partial charge in [0.15, 0.2) is 12.4 Å². The van der Waals surface area contributed by atoms with Gasteiger partial charge in [0, 0.05) is 12.8 Å². The van der Waals surface area contributed by atoms with Gasteiger partial charge >= 0.3 is 11.9 Å². The lowest BCUT2D eigenvalue weighted by Crippen LogP contribution is -2.44. The Balaban J connectivity index is 4.08. The summed E-state index contributed by atoms with van der Waals surface area (Å²) in [6.45, 7) is 4.67. The minimum absolute atomic E-state index is 0.146. The fraction of sp³-hybridized carbons (Fsp3) is 0.756. The van der Waals surface area contributed by atoms with E-state index in [1.165, 1.54) is 205 Å². The Hall–Kier alpha value is -3.79. The number of hydrogen-bond acceptors (Lipinski definition) is 8. The molecule has 87 heavy (non-hydrogen) atoms. The van der Waals surface area contributed by atoms with E-state index in [1.807, 2.05) is 21.1 Å². The molecule has 0 aromatic rings. The van der Waals surface area contributed by atoms with Gasteiger partial charge < -0.3 is 33.3 Å². The number of allylic oxidation sites excluding steroid dienone is 16. The molecule has 9 heteroatoms. The Morgan fingerprint density at radius 3 is 0.989 bits per heavy atom. The van der Waals surface area contributed by atoms with Gasteiger partial charge in [-0.25, -0.2) is 0 Å². The summed E-state index contributed by atoms with van der Waals surface area (Å²) in [6, 6.07) is 0. The van der Waals surface area contributed by atoms with Gasteiger partial charge in [-0.3, -0.25) is 9.59 Å². The fourth-order valence-electron chi connectivity index (χ4n) is 10.3. The van der Waals surface area contributed by atoms with Crippen LogP contribution < -0.4 is 5.11 Å². The summed E-state index contributed by atoms with van der Waals surface area (Å²) < 4.78 is 22.8. The van der Waals surface area contributed by atoms with E-state index in [0.717, 1.165) is 83.5 Å². The molecule has 0 fully saturated rings. The monoisotopic (exact) mass is 1220 g/mol. The number of esters is 2. The lowest BCUT2D eigenvalue weighted by atomic mass is 10.0. The van der Waals surface area contributed by atoms with E-state index in [2.05, 4.69) is 111 Å². The number of ether oxygens (including phenoxy) is 4. The molecule has 0 aromatic carbocycles. The Kier molecular flexibility index (Phi) is 65.2. The van der Waals surface area contributed by atoms with E-state index in [1.54, 1.807) is 0 Å². The van der Waals surface area contributed by atoms with Crippen molar-refractivity contribution in [2.24, 2.45) is 0 Å². The predicted molar refractivity (Wildman–Crippen MR) is 371 cm³/mol. The second kappa shape index (κ2) is 68.1. The van der Waals surface area contributed by atoms with Crippen molar-refractivity contribution in [3.8, 4) is 0 Å². The van der Waals surface area contributed by atoms with Crippen LogP contribution in [0.25, 0.3) is 0 Å². The van der Waals surface area contributed by atoms with Crippen LogP contribution in [0.15, 0.2) is 97.2 Å². The maximum atomic E-state index is 12.9. The SMILES string of the molecule is CC/C=C\C/C=C\C/C=C\C/C=C\C/C=C\C/C=C\C/C=C\CCCCCCCCCCCCCCCCCC(=O)OC(COC(=O)CCCCCCCCCCCCCCC/C=C\CCCCCCCCCC)COC(OCC[N+](C)(C)C)C(=O)[O-]. The normalized spacial score (nSPS) is 13.3. The summed E-state index contributed by atoms with van der Waals surface area (Å²) >= 11 is 0. The first-order chi connectivity index (χ1) is 42.6. The second-order valence-corrected chi connectivity index (χ2v) is 25.5. The second-order valence-electron chi connectivity index (χ2n) is 25.5. The van der Waals surface area contributed by atoms with E-state index in [0.29, 0.717) is 23.9 Å². The molecule has 0 heterocycles. The summed E-state index contributed by atoms with van der Waals surface area (Å²) in [5.74, 6) is -2.27. The Bertz CT molecular complexity index is 1750. The van der Waals surface area contributed by atoms with Gasteiger partial charge in [-0.15, -0.1) is 0 Å². The van der Waals surface area contributed by atoms with Crippen molar-refractivity contribution in [2.45, 2.75) is 334 Å². The Labute approximate surface area is 537 Å². The van der Waals surface area contributed by atoms with Crippen LogP contribution in [-0.2, 0) is 33.3 Å². The maximum Gasteiger partial charge on any atom is 0.306 e. The molecule has 0 saturated carbocycles. The number of carboxylic acid groups (broad SMARTS) is 1. The third kappa shape index (κ3) is 69.5. The van der Waals surface area contributed by atoms with Crippen LogP contribution in [0.1, 0.15) is 322 Å². The molecule has 0 aliphatic heterocycles. The lowest BCUT2D eigenvalue weighted by molar-refractivity contribution is -0.870. The van der Waals surface area contributed by atoms with Crippen molar-refractivity contribution in [3.05, 3.63) is 97.2 Å². The molecule has 0 aliphatic carbocycles. The molecule has 0 radical (unpaired) electrons. The van der Waals surface area contributed by atoms with Crippen LogP contribution in [0.3, 0.4) is 0 Å². The van der Waals surface area contributed by atoms with Crippen molar-refractivity contribution < 1.29 is 42.9 Å². The third-order valence-corrected chi connectivity index (χ3v) is 15.8. The van der Waals surface area contributed by atoms with Crippen LogP contribution in [0.2, 0.25) is 0 Å². The summed E-state index contributed by atoms with van der Waals surface area (Å²) in [7, 11) is 5.94. The third-order valence-electron chi connectivity index (χ3n) is 15.8. The topological polar surface area (TPSA) is 111 Å². The molecule has 9 nitrogen and oxygen atoms in total. The molecule has 0 spiro atoms. The van der Waals surface area contributed by atoms with E-state index in [-0.39, 0.29) is 32.2 Å². The zero-order valence-corrected chi connectivity index (χ0v) is 57.4. The van der Waals surface area contributed by atoms with Gasteiger partial charge in [-0.2, -0.15) is 0 Å². The first kappa shape index (κ1) is 83.2. The number of carbonyl (C=O) groups is 3. The highest BCUT2D eigenvalue weighted by atomic mass is 16.7. The molecule has 0 bridgehead atoms. The van der Waals surface area contributed by atoms with Crippen molar-refractivity contribution in [1.82, 2.24) is 0 Å². The van der Waals surface area contributed by atoms with Gasteiger partial charge in [0.2, 0.25) is 0 Å². The van der Waals surface area contributed by atoms with Gasteiger partial charge in [0.25, 0.3) is 0 Å². The quantitative estimate of drug-likeness (QED) is 0.0195. The van der Waals surface area contributed by atoms with Crippen molar-refractivity contribution in [3.63, 3.8) is 0 Å². The molecule has 2 atom stereocenters. The maximum absolute atomic E-state index is 12.9. The number of hydrogen-bond donors (Lipinski definition) is 0. The zero-order chi connectivity index (χ0) is 63.3. The highest BCUT2D eigenvalue weighted by Gasteiger charge is 2.22. The minimum Gasteiger partial charge on any atom is -0.545 e. The number of aliphatic carboxylic acids is 1. The molecule has 0 aliphatic rings. The molecular weight excluding hydrogens is 1080 g/mol. The van der Waals surface area contributed by atoms with Gasteiger partial charge in [-0.05, 0) is 96.3 Å². The van der Waals surface area contributed by atoms with E-state index in [9.17, 15) is 19.5 Å². The Morgan fingerprint density at radius 1 is 0.356 bits per heavy atom. The highest BCUT2D eigenvalue weighted by molar-refractivity contribution is 5.70. The summed E-state index contributed by atoms with van der Waals surface area (Å²) in [5.41, 5.74) is 0. The summed E-state index contributed by atoms with van der Waals surface area (Å²) in [4.78, 5) is 37.5. The lowest BCUT2D eigenvalue weighted by Gasteiger charge is -2.26. The van der Waals surface area contributed by atoms with Crippen molar-refractivity contribution in [1.29, 1.82) is 0 Å². The molecule has 2 unspecified atom stereocenters. The van der Waals surface area contributed by atoms with E-state index in [4.69, 9.17) is 18.9 Å². The molecule has 0 amide bonds. The largest absolute Gasteiger partial charge is 0.545 e. The Morgan fingerprint density at radius 2 is 0.655 bits per heavy atom. The van der Waals surface area contributed by atoms with Gasteiger partial charge in [0.1, 0.15) is 13.2 Å². The van der Waals surface area contributed by atoms with Crippen molar-refractivity contribution >= 4 is 17.9 Å². The van der Waals surface area contributed by atoms with Gasteiger partial charge in [-0.1, -0.05) is 310 Å². The highest BCUT2D eigenvalue weighted by Crippen LogP contribution is 2.18. The summed E-state index contributed by atoms with van der Waals surface area (Å²) in [5, 5.41) is 11.8. The average molecular weight is 1220 g/mol. The molecule has 0 saturated heterocycles. The number of nitrogens with zero attached hydrogens (tertiary/aromatic N) is 1. The smallest absolute Gasteiger partial charge is 0.306 e. The fourth-order valence-corrected chi connectivity index (χ4v) is 10.3. The van der Waals surface area contributed by atoms with Crippen LogP contribution in [-0.4, -0.2) is 82.3 Å². The molecule has 0 N–H and O–H groups in total. The predicted octanol–water partition coefficient (Wildman–Crippen LogP) is 21.5. The van der Waals surface area contributed by atoms with E-state index < -0.39 is 24.3 Å². The number of carboxylic acids is 1. The number of unbranched alkanes of at least 4 members (excludes halogenated alkanes) is 36. The standard InChI is InChI=1S/C78H137NO8/c1-6-8-10-12-14-16-18-20-22-24-26-28-30-32-33-34-35-36-37-38-39-40-41-42-43-45-47-49-51-53-55-57-59-61-63-65-67-69-76(81)87-74(73-86-78(77(82)83)84-71-70-79(3,4)5)72-85-75(80)68-66-64-62-60-58-56-54-52-50-48-46-44-31-29-27-25-23-21-19-17-15-13-11-9-7-2/h8,10,14,16,20,22,25-28,32-33,35-36,38-39,74,78H,6-7,9,11-13,15,17-19,21,23-24,29-31,34,37,40-73H2,1-5H3/b10-8-,16-14-,22-20-,27-25-,28-26-,33-32-,36-35-,39-38-. The van der Waals surface area contributed by atoms with Crippen LogP contribution in [0, 0.1) is 0 Å². The number of rotatable bonds is 67. The summed E-state index contributed by atoms with van der Waals surface area (Å²) in [6.07, 6.45) is 90.7.